The maximum Gasteiger partial charge on any atom is 0.315 e. The van der Waals surface area contributed by atoms with E-state index in [1.165, 1.54) is 4.90 Å². The summed E-state index contributed by atoms with van der Waals surface area (Å²) in [6.07, 6.45) is 2.65. The standard InChI is InChI=1S/C21H38N4O3/c1-9-11-24(8)17(26)12-22-20(28)23-18(21(5,6)7)19(27)25-13-16(10-2)14(3)15(25)4/h9,14-16,18H,1,10-13H2,2-8H3,(H2,22,23,28)/t14?,15-,16+,18?/m1/s1. The van der Waals surface area contributed by atoms with Crippen LogP contribution in [-0.4, -0.2) is 66.4 Å². The zero-order chi connectivity index (χ0) is 21.6. The number of carbonyl (C=O) groups excluding carboxylic acids is 3. The summed E-state index contributed by atoms with van der Waals surface area (Å²) in [7, 11) is 1.64. The van der Waals surface area contributed by atoms with Crippen molar-refractivity contribution in [2.24, 2.45) is 17.3 Å². The van der Waals surface area contributed by atoms with Crippen LogP contribution in [-0.2, 0) is 9.59 Å². The van der Waals surface area contributed by atoms with Gasteiger partial charge in [0.25, 0.3) is 0 Å². The molecule has 0 aromatic rings. The number of rotatable bonds is 7. The molecule has 0 radical (unpaired) electrons. The minimum atomic E-state index is -0.668. The van der Waals surface area contributed by atoms with Crippen LogP contribution in [0.2, 0.25) is 0 Å². The Bertz CT molecular complexity index is 585. The van der Waals surface area contributed by atoms with Crippen LogP contribution < -0.4 is 10.6 Å². The van der Waals surface area contributed by atoms with Crippen molar-refractivity contribution in [3.05, 3.63) is 12.7 Å². The average molecular weight is 395 g/mol. The Morgan fingerprint density at radius 1 is 1.29 bits per heavy atom. The largest absolute Gasteiger partial charge is 0.341 e. The third-order valence-electron chi connectivity index (χ3n) is 5.85. The molecular weight excluding hydrogens is 356 g/mol. The van der Waals surface area contributed by atoms with Gasteiger partial charge in [0.05, 0.1) is 6.54 Å². The Morgan fingerprint density at radius 2 is 1.89 bits per heavy atom. The minimum Gasteiger partial charge on any atom is -0.341 e. The van der Waals surface area contributed by atoms with Crippen molar-refractivity contribution in [3.63, 3.8) is 0 Å². The quantitative estimate of drug-likeness (QED) is 0.650. The van der Waals surface area contributed by atoms with Crippen LogP contribution in [0.15, 0.2) is 12.7 Å². The maximum atomic E-state index is 13.3. The average Bonchev–Trinajstić information content (AvgIpc) is 2.91. The van der Waals surface area contributed by atoms with E-state index in [1.54, 1.807) is 13.1 Å². The summed E-state index contributed by atoms with van der Waals surface area (Å²) in [5.74, 6) is 0.627. The molecule has 0 spiro atoms. The van der Waals surface area contributed by atoms with Gasteiger partial charge >= 0.3 is 6.03 Å². The molecular formula is C21H38N4O3. The van der Waals surface area contributed by atoms with Gasteiger partial charge in [0.2, 0.25) is 11.8 Å². The predicted octanol–water partition coefficient (Wildman–Crippen LogP) is 2.24. The Labute approximate surface area is 169 Å². The predicted molar refractivity (Wildman–Crippen MR) is 112 cm³/mol. The molecule has 7 nitrogen and oxygen atoms in total. The van der Waals surface area contributed by atoms with Crippen molar-refractivity contribution in [1.29, 1.82) is 0 Å². The first-order chi connectivity index (χ1) is 12.9. The zero-order valence-electron chi connectivity index (χ0n) is 18.5. The van der Waals surface area contributed by atoms with Crippen LogP contribution in [0.4, 0.5) is 4.79 Å². The van der Waals surface area contributed by atoms with Crippen LogP contribution in [0, 0.1) is 17.3 Å². The molecule has 1 fully saturated rings. The molecule has 2 unspecified atom stereocenters. The van der Waals surface area contributed by atoms with Gasteiger partial charge in [0, 0.05) is 26.2 Å². The molecule has 1 aliphatic heterocycles. The first-order valence-electron chi connectivity index (χ1n) is 10.1. The van der Waals surface area contributed by atoms with Gasteiger partial charge in [-0.25, -0.2) is 4.79 Å². The van der Waals surface area contributed by atoms with Crippen molar-refractivity contribution in [3.8, 4) is 0 Å². The molecule has 0 aromatic heterocycles. The second-order valence-corrected chi connectivity index (χ2v) is 8.95. The molecule has 4 atom stereocenters. The summed E-state index contributed by atoms with van der Waals surface area (Å²) in [6, 6.07) is -1.04. The van der Waals surface area contributed by atoms with Crippen molar-refractivity contribution in [1.82, 2.24) is 20.4 Å². The van der Waals surface area contributed by atoms with Gasteiger partial charge in [-0.05, 0) is 24.2 Å². The lowest BCUT2D eigenvalue weighted by Gasteiger charge is -2.35. The van der Waals surface area contributed by atoms with E-state index in [9.17, 15) is 14.4 Å². The van der Waals surface area contributed by atoms with Gasteiger partial charge in [0.1, 0.15) is 6.04 Å². The van der Waals surface area contributed by atoms with Gasteiger partial charge in [-0.1, -0.05) is 47.1 Å². The Kier molecular flexibility index (Phi) is 8.51. The lowest BCUT2D eigenvalue weighted by molar-refractivity contribution is -0.136. The summed E-state index contributed by atoms with van der Waals surface area (Å²) < 4.78 is 0. The maximum absolute atomic E-state index is 13.3. The summed E-state index contributed by atoms with van der Waals surface area (Å²) in [5, 5.41) is 5.36. The third kappa shape index (κ3) is 5.97. The molecule has 1 heterocycles. The first-order valence-corrected chi connectivity index (χ1v) is 10.1. The summed E-state index contributed by atoms with van der Waals surface area (Å²) in [6.45, 7) is 16.8. The lowest BCUT2D eigenvalue weighted by Crippen LogP contribution is -2.58. The van der Waals surface area contributed by atoms with E-state index in [0.29, 0.717) is 18.4 Å². The third-order valence-corrected chi connectivity index (χ3v) is 5.85. The fraction of sp³-hybridized carbons (Fsp3) is 0.762. The molecule has 2 N–H and O–H groups in total. The van der Waals surface area contributed by atoms with E-state index in [4.69, 9.17) is 0 Å². The molecule has 160 valence electrons. The molecule has 0 aliphatic carbocycles. The highest BCUT2D eigenvalue weighted by atomic mass is 16.2. The Morgan fingerprint density at radius 3 is 2.36 bits per heavy atom. The van der Waals surface area contributed by atoms with Crippen molar-refractivity contribution >= 4 is 17.8 Å². The number of likely N-dealkylation sites (N-methyl/N-ethyl adjacent to an activating group) is 1. The van der Waals surface area contributed by atoms with Gasteiger partial charge in [0.15, 0.2) is 0 Å². The smallest absolute Gasteiger partial charge is 0.315 e. The summed E-state index contributed by atoms with van der Waals surface area (Å²) >= 11 is 0. The number of hydrogen-bond acceptors (Lipinski definition) is 3. The summed E-state index contributed by atoms with van der Waals surface area (Å²) in [5.41, 5.74) is -0.453. The van der Waals surface area contributed by atoms with Crippen LogP contribution in [0.25, 0.3) is 0 Å². The highest BCUT2D eigenvalue weighted by Gasteiger charge is 2.43. The normalized spacial score (nSPS) is 23.1. The monoisotopic (exact) mass is 394 g/mol. The van der Waals surface area contributed by atoms with Crippen molar-refractivity contribution in [2.75, 3.05) is 26.7 Å². The fourth-order valence-electron chi connectivity index (χ4n) is 3.64. The number of urea groups is 1. The van der Waals surface area contributed by atoms with Gasteiger partial charge in [-0.15, -0.1) is 6.58 Å². The van der Waals surface area contributed by atoms with Gasteiger partial charge in [-0.2, -0.15) is 0 Å². The van der Waals surface area contributed by atoms with E-state index in [2.05, 4.69) is 38.0 Å². The Balaban J connectivity index is 2.79. The van der Waals surface area contributed by atoms with E-state index in [1.807, 2.05) is 25.7 Å². The number of hydrogen-bond donors (Lipinski definition) is 2. The molecule has 0 aromatic carbocycles. The van der Waals surface area contributed by atoms with E-state index in [0.717, 1.165) is 13.0 Å². The number of nitrogens with zero attached hydrogens (tertiary/aromatic N) is 2. The lowest BCUT2D eigenvalue weighted by atomic mass is 9.85. The van der Waals surface area contributed by atoms with Crippen LogP contribution in [0.1, 0.15) is 48.0 Å². The molecule has 7 heteroatoms. The fourth-order valence-corrected chi connectivity index (χ4v) is 3.64. The van der Waals surface area contributed by atoms with E-state index in [-0.39, 0.29) is 24.4 Å². The van der Waals surface area contributed by atoms with Gasteiger partial charge in [-0.3, -0.25) is 9.59 Å². The molecule has 1 aliphatic rings. The Hall–Kier alpha value is -2.05. The van der Waals surface area contributed by atoms with E-state index < -0.39 is 17.5 Å². The molecule has 1 saturated heterocycles. The summed E-state index contributed by atoms with van der Waals surface area (Å²) in [4.78, 5) is 41.0. The van der Waals surface area contributed by atoms with Crippen molar-refractivity contribution in [2.45, 2.75) is 60.0 Å². The SMILES string of the molecule is C=CCN(C)C(=O)CNC(=O)NC(C(=O)N1C[C@H](CC)C(C)[C@H]1C)C(C)(C)C. The van der Waals surface area contributed by atoms with Crippen molar-refractivity contribution < 1.29 is 14.4 Å². The number of nitrogens with one attached hydrogen (secondary N) is 2. The number of likely N-dealkylation sites (tertiary alicyclic amines) is 1. The topological polar surface area (TPSA) is 81.8 Å². The minimum absolute atomic E-state index is 0.0620. The van der Waals surface area contributed by atoms with E-state index >= 15 is 0 Å². The van der Waals surface area contributed by atoms with Crippen LogP contribution in [0.3, 0.4) is 0 Å². The van der Waals surface area contributed by atoms with Crippen LogP contribution >= 0.6 is 0 Å². The molecule has 1 rings (SSSR count). The number of amides is 4. The molecule has 28 heavy (non-hydrogen) atoms. The molecule has 0 saturated carbocycles. The highest BCUT2D eigenvalue weighted by molar-refractivity contribution is 5.89. The van der Waals surface area contributed by atoms with Crippen LogP contribution in [0.5, 0.6) is 0 Å². The second-order valence-electron chi connectivity index (χ2n) is 8.95. The van der Waals surface area contributed by atoms with Gasteiger partial charge < -0.3 is 20.4 Å². The molecule has 0 bridgehead atoms. The number of carbonyl (C=O) groups is 3. The highest BCUT2D eigenvalue weighted by Crippen LogP contribution is 2.33. The molecule has 4 amide bonds. The second kappa shape index (κ2) is 9.94. The first kappa shape index (κ1) is 24.0. The zero-order valence-corrected chi connectivity index (χ0v) is 18.5.